The predicted octanol–water partition coefficient (Wildman–Crippen LogP) is 5.08. The maximum absolute atomic E-state index is 13.0. The fraction of sp³-hybridized carbons (Fsp3) is 0.462. The van der Waals surface area contributed by atoms with Crippen LogP contribution in [-0.4, -0.2) is 36.4 Å². The molecule has 1 heterocycles. The van der Waals surface area contributed by atoms with Gasteiger partial charge in [-0.05, 0) is 67.9 Å². The molecule has 2 aromatic rings. The molecule has 2 unspecified atom stereocenters. The molecular weight excluding hydrogens is 388 g/mol. The van der Waals surface area contributed by atoms with Crippen molar-refractivity contribution in [1.29, 1.82) is 0 Å². The highest BCUT2D eigenvalue weighted by atomic mass is 16.5. The van der Waals surface area contributed by atoms with Crippen LogP contribution in [0.5, 0.6) is 5.75 Å². The molecule has 31 heavy (non-hydrogen) atoms. The number of rotatable bonds is 7. The van der Waals surface area contributed by atoms with E-state index in [2.05, 4.69) is 19.2 Å². The lowest BCUT2D eigenvalue weighted by Crippen LogP contribution is -2.42. The number of para-hydroxylation sites is 1. The van der Waals surface area contributed by atoms with Crippen LogP contribution in [0.3, 0.4) is 0 Å². The third-order valence-corrected chi connectivity index (χ3v) is 5.81. The van der Waals surface area contributed by atoms with E-state index in [1.165, 1.54) is 0 Å². The molecule has 0 saturated carbocycles. The van der Waals surface area contributed by atoms with Crippen LogP contribution in [0.4, 0.5) is 5.69 Å². The summed E-state index contributed by atoms with van der Waals surface area (Å²) in [5.41, 5.74) is 3.30. The molecule has 0 bridgehead atoms. The molecule has 0 spiro atoms. The minimum atomic E-state index is -0.0702. The van der Waals surface area contributed by atoms with Gasteiger partial charge >= 0.3 is 0 Å². The summed E-state index contributed by atoms with van der Waals surface area (Å²) >= 11 is 0. The molecule has 5 nitrogen and oxygen atoms in total. The summed E-state index contributed by atoms with van der Waals surface area (Å²) < 4.78 is 5.65. The van der Waals surface area contributed by atoms with Crippen LogP contribution in [-0.2, 0) is 11.2 Å². The number of amides is 2. The molecule has 2 atom stereocenters. The Hall–Kier alpha value is -2.82. The van der Waals surface area contributed by atoms with Gasteiger partial charge in [-0.15, -0.1) is 0 Å². The van der Waals surface area contributed by atoms with Crippen molar-refractivity contribution in [2.24, 2.45) is 11.8 Å². The zero-order valence-corrected chi connectivity index (χ0v) is 19.1. The van der Waals surface area contributed by atoms with E-state index in [4.69, 9.17) is 4.74 Å². The first kappa shape index (κ1) is 22.9. The molecule has 2 aromatic carbocycles. The van der Waals surface area contributed by atoms with Gasteiger partial charge in [0.25, 0.3) is 5.91 Å². The topological polar surface area (TPSA) is 58.6 Å². The molecule has 5 heteroatoms. The predicted molar refractivity (Wildman–Crippen MR) is 125 cm³/mol. The molecule has 1 N–H and O–H groups in total. The van der Waals surface area contributed by atoms with Gasteiger partial charge in [0.05, 0.1) is 6.61 Å². The fourth-order valence-corrected chi connectivity index (χ4v) is 4.37. The first-order valence-electron chi connectivity index (χ1n) is 11.3. The van der Waals surface area contributed by atoms with Gasteiger partial charge in [-0.3, -0.25) is 9.59 Å². The lowest BCUT2D eigenvalue weighted by molar-refractivity contribution is -0.116. The Kier molecular flexibility index (Phi) is 7.72. The number of piperidine rings is 1. The largest absolute Gasteiger partial charge is 0.494 e. The van der Waals surface area contributed by atoms with Crippen LogP contribution in [0.15, 0.2) is 42.5 Å². The second-order valence-corrected chi connectivity index (χ2v) is 8.77. The number of hydrogen-bond donors (Lipinski definition) is 1. The van der Waals surface area contributed by atoms with Crippen molar-refractivity contribution in [3.63, 3.8) is 0 Å². The van der Waals surface area contributed by atoms with Crippen LogP contribution in [0.2, 0.25) is 0 Å². The second-order valence-electron chi connectivity index (χ2n) is 8.77. The zero-order valence-electron chi connectivity index (χ0n) is 19.1. The van der Waals surface area contributed by atoms with Crippen molar-refractivity contribution < 1.29 is 14.3 Å². The van der Waals surface area contributed by atoms with Crippen LogP contribution in [0.25, 0.3) is 0 Å². The average molecular weight is 423 g/mol. The Morgan fingerprint density at radius 2 is 1.81 bits per heavy atom. The van der Waals surface area contributed by atoms with Gasteiger partial charge in [-0.2, -0.15) is 0 Å². The fourth-order valence-electron chi connectivity index (χ4n) is 4.37. The van der Waals surface area contributed by atoms with E-state index in [0.717, 1.165) is 36.4 Å². The van der Waals surface area contributed by atoms with Crippen molar-refractivity contribution in [3.8, 4) is 5.75 Å². The van der Waals surface area contributed by atoms with Crippen LogP contribution in [0, 0.1) is 18.8 Å². The molecule has 1 fully saturated rings. The molecule has 0 aliphatic carbocycles. The highest BCUT2D eigenvalue weighted by Crippen LogP contribution is 2.25. The highest BCUT2D eigenvalue weighted by Gasteiger charge is 2.26. The van der Waals surface area contributed by atoms with Crippen LogP contribution < -0.4 is 10.1 Å². The maximum Gasteiger partial charge on any atom is 0.253 e. The number of hydrogen-bond acceptors (Lipinski definition) is 3. The van der Waals surface area contributed by atoms with E-state index >= 15 is 0 Å². The number of ether oxygens (including phenoxy) is 1. The van der Waals surface area contributed by atoms with Crippen molar-refractivity contribution in [2.75, 3.05) is 25.0 Å². The number of carbonyl (C=O) groups is 2. The normalized spacial score (nSPS) is 18.5. The van der Waals surface area contributed by atoms with E-state index in [0.29, 0.717) is 42.5 Å². The minimum Gasteiger partial charge on any atom is -0.494 e. The van der Waals surface area contributed by atoms with E-state index in [1.54, 1.807) is 0 Å². The monoisotopic (exact) mass is 422 g/mol. The quantitative estimate of drug-likeness (QED) is 0.677. The number of carbonyl (C=O) groups excluding carboxylic acids is 2. The SMILES string of the molecule is CCOc1ccccc1CCC(=O)Nc1cc(C(=O)N2CC(C)CC(C)C2)ccc1C. The zero-order chi connectivity index (χ0) is 22.4. The Bertz CT molecular complexity index is 915. The van der Waals surface area contributed by atoms with Crippen molar-refractivity contribution >= 4 is 17.5 Å². The Labute approximate surface area is 185 Å². The number of likely N-dealkylation sites (tertiary alicyclic amines) is 1. The van der Waals surface area contributed by atoms with Gasteiger partial charge in [0.1, 0.15) is 5.75 Å². The van der Waals surface area contributed by atoms with Gasteiger partial charge in [-0.25, -0.2) is 0 Å². The molecule has 3 rings (SSSR count). The lowest BCUT2D eigenvalue weighted by Gasteiger charge is -2.35. The molecule has 1 aliphatic rings. The molecule has 1 saturated heterocycles. The first-order chi connectivity index (χ1) is 14.9. The van der Waals surface area contributed by atoms with Crippen molar-refractivity contribution in [1.82, 2.24) is 4.90 Å². The number of aryl methyl sites for hydroxylation is 2. The van der Waals surface area contributed by atoms with E-state index in [-0.39, 0.29) is 11.8 Å². The summed E-state index contributed by atoms with van der Waals surface area (Å²) in [6.07, 6.45) is 2.11. The summed E-state index contributed by atoms with van der Waals surface area (Å²) in [5.74, 6) is 1.82. The Morgan fingerprint density at radius 1 is 1.10 bits per heavy atom. The summed E-state index contributed by atoms with van der Waals surface area (Å²) in [6.45, 7) is 10.5. The summed E-state index contributed by atoms with van der Waals surface area (Å²) in [5, 5.41) is 3.00. The minimum absolute atomic E-state index is 0.0412. The number of nitrogens with one attached hydrogen (secondary N) is 1. The van der Waals surface area contributed by atoms with E-state index < -0.39 is 0 Å². The number of benzene rings is 2. The highest BCUT2D eigenvalue weighted by molar-refractivity contribution is 5.98. The van der Waals surface area contributed by atoms with E-state index in [1.807, 2.05) is 61.2 Å². The lowest BCUT2D eigenvalue weighted by atomic mass is 9.91. The van der Waals surface area contributed by atoms with Crippen molar-refractivity contribution in [3.05, 3.63) is 59.2 Å². The first-order valence-corrected chi connectivity index (χ1v) is 11.3. The molecule has 0 radical (unpaired) electrons. The molecular formula is C26H34N2O3. The molecule has 2 amide bonds. The van der Waals surface area contributed by atoms with E-state index in [9.17, 15) is 9.59 Å². The van der Waals surface area contributed by atoms with Gasteiger partial charge in [0.2, 0.25) is 5.91 Å². The summed E-state index contributed by atoms with van der Waals surface area (Å²) in [7, 11) is 0. The third kappa shape index (κ3) is 6.09. The van der Waals surface area contributed by atoms with Gasteiger partial charge in [-0.1, -0.05) is 38.1 Å². The summed E-state index contributed by atoms with van der Waals surface area (Å²) in [6, 6.07) is 13.4. The van der Waals surface area contributed by atoms with Crippen LogP contribution in [0.1, 0.15) is 55.1 Å². The third-order valence-electron chi connectivity index (χ3n) is 5.81. The molecule has 0 aromatic heterocycles. The smallest absolute Gasteiger partial charge is 0.253 e. The maximum atomic E-state index is 13.0. The van der Waals surface area contributed by atoms with Gasteiger partial charge in [0, 0.05) is 30.8 Å². The molecule has 166 valence electrons. The van der Waals surface area contributed by atoms with Crippen molar-refractivity contribution in [2.45, 2.75) is 47.0 Å². The number of anilines is 1. The molecule has 1 aliphatic heterocycles. The van der Waals surface area contributed by atoms with Gasteiger partial charge in [0.15, 0.2) is 0 Å². The standard InChI is InChI=1S/C26H34N2O3/c1-5-31-24-9-7-6-8-21(24)12-13-25(29)27-23-15-22(11-10-20(23)4)26(30)28-16-18(2)14-19(3)17-28/h6-11,15,18-19H,5,12-14,16-17H2,1-4H3,(H,27,29). The van der Waals surface area contributed by atoms with Gasteiger partial charge < -0.3 is 15.0 Å². The Balaban J connectivity index is 1.65. The second kappa shape index (κ2) is 10.5. The summed E-state index contributed by atoms with van der Waals surface area (Å²) in [4.78, 5) is 27.6. The van der Waals surface area contributed by atoms with Crippen LogP contribution >= 0.6 is 0 Å². The number of nitrogens with zero attached hydrogens (tertiary/aromatic N) is 1. The average Bonchev–Trinajstić information content (AvgIpc) is 2.74. The Morgan fingerprint density at radius 3 is 2.52 bits per heavy atom.